The summed E-state index contributed by atoms with van der Waals surface area (Å²) in [6.45, 7) is 5.41. The molecule has 12 nitrogen and oxygen atoms in total. The molecule has 290 valence electrons. The van der Waals surface area contributed by atoms with Crippen LogP contribution in [0, 0.1) is 5.92 Å². The fourth-order valence-electron chi connectivity index (χ4n) is 5.78. The smallest absolute Gasteiger partial charge is 0.416 e. The highest BCUT2D eigenvalue weighted by Gasteiger charge is 2.33. The number of amides is 3. The summed E-state index contributed by atoms with van der Waals surface area (Å²) >= 11 is 0. The van der Waals surface area contributed by atoms with Crippen LogP contribution in [0.4, 0.5) is 29.3 Å². The number of aliphatic hydroxyl groups is 1. The molecule has 3 N–H and O–H groups in total. The van der Waals surface area contributed by atoms with E-state index >= 15 is 0 Å². The minimum atomic E-state index is -4.52. The Kier molecular flexibility index (Phi) is 14.1. The van der Waals surface area contributed by atoms with Gasteiger partial charge in [-0.3, -0.25) is 4.79 Å². The molecule has 0 saturated heterocycles. The molecule has 0 spiro atoms. The van der Waals surface area contributed by atoms with Gasteiger partial charge in [0.15, 0.2) is 0 Å². The lowest BCUT2D eigenvalue weighted by molar-refractivity contribution is -0.137. The van der Waals surface area contributed by atoms with Crippen molar-refractivity contribution >= 4 is 33.3 Å². The molecule has 1 aliphatic heterocycles. The summed E-state index contributed by atoms with van der Waals surface area (Å²) in [5, 5.41) is 15.3. The number of aliphatic hydroxyl groups excluding tert-OH is 1. The number of anilines is 2. The van der Waals surface area contributed by atoms with Crippen molar-refractivity contribution in [2.75, 3.05) is 51.1 Å². The van der Waals surface area contributed by atoms with Gasteiger partial charge in [0.2, 0.25) is 10.0 Å². The van der Waals surface area contributed by atoms with Crippen LogP contribution in [0.5, 0.6) is 11.5 Å². The van der Waals surface area contributed by atoms with E-state index in [9.17, 15) is 36.3 Å². The Balaban J connectivity index is 1.60. The summed E-state index contributed by atoms with van der Waals surface area (Å²) in [6, 6.07) is 13.1. The van der Waals surface area contributed by atoms with Gasteiger partial charge >= 0.3 is 12.2 Å². The van der Waals surface area contributed by atoms with E-state index in [2.05, 4.69) is 10.6 Å². The number of sulfonamides is 1. The number of alkyl halides is 3. The number of hydrogen-bond acceptors (Lipinski definition) is 8. The Morgan fingerprint density at radius 2 is 1.68 bits per heavy atom. The molecule has 0 aliphatic carbocycles. The second kappa shape index (κ2) is 18.1. The van der Waals surface area contributed by atoms with Crippen LogP contribution in [0.25, 0.3) is 0 Å². The fourth-order valence-corrected chi connectivity index (χ4v) is 6.96. The lowest BCUT2D eigenvalue weighted by Gasteiger charge is -2.35. The van der Waals surface area contributed by atoms with Crippen LogP contribution in [0.15, 0.2) is 71.6 Å². The highest BCUT2D eigenvalue weighted by atomic mass is 32.2. The number of likely N-dealkylation sites (N-methyl/N-ethyl adjacent to an activating group) is 1. The van der Waals surface area contributed by atoms with Gasteiger partial charge in [0.1, 0.15) is 11.5 Å². The van der Waals surface area contributed by atoms with Gasteiger partial charge in [-0.25, -0.2) is 13.2 Å². The topological polar surface area (TPSA) is 147 Å². The highest BCUT2D eigenvalue weighted by molar-refractivity contribution is 7.89. The Morgan fingerprint density at radius 3 is 2.30 bits per heavy atom. The van der Waals surface area contributed by atoms with E-state index in [-0.39, 0.29) is 53.4 Å². The van der Waals surface area contributed by atoms with Crippen LogP contribution in [0.1, 0.15) is 56.0 Å². The van der Waals surface area contributed by atoms with Gasteiger partial charge in [-0.1, -0.05) is 6.92 Å². The van der Waals surface area contributed by atoms with E-state index in [0.717, 1.165) is 30.7 Å². The van der Waals surface area contributed by atoms with Crippen LogP contribution in [-0.4, -0.2) is 93.4 Å². The normalized spacial score (nSPS) is 19.8. The fraction of sp³-hybridized carbons (Fsp3) is 0.459. The van der Waals surface area contributed by atoms with Gasteiger partial charge in [-0.05, 0) is 99.8 Å². The predicted octanol–water partition coefficient (Wildman–Crippen LogP) is 6.47. The highest BCUT2D eigenvalue weighted by Crippen LogP contribution is 2.31. The molecule has 0 radical (unpaired) electrons. The van der Waals surface area contributed by atoms with Crippen molar-refractivity contribution in [3.63, 3.8) is 0 Å². The maximum Gasteiger partial charge on any atom is 0.416 e. The largest absolute Gasteiger partial charge is 0.497 e. The molecule has 4 atom stereocenters. The van der Waals surface area contributed by atoms with Gasteiger partial charge in [0.05, 0.1) is 48.0 Å². The molecule has 1 aliphatic rings. The first-order valence-corrected chi connectivity index (χ1v) is 18.7. The van der Waals surface area contributed by atoms with Crippen LogP contribution < -0.4 is 20.1 Å². The number of rotatable bonds is 9. The summed E-state index contributed by atoms with van der Waals surface area (Å²) in [4.78, 5) is 28.8. The average Bonchev–Trinajstić information content (AvgIpc) is 3.12. The summed E-state index contributed by atoms with van der Waals surface area (Å²) in [5.74, 6) is -0.150. The van der Waals surface area contributed by atoms with Gasteiger partial charge in [-0.15, -0.1) is 0 Å². The lowest BCUT2D eigenvalue weighted by Crippen LogP contribution is -2.48. The number of halogens is 3. The molecule has 0 saturated carbocycles. The van der Waals surface area contributed by atoms with E-state index in [1.807, 2.05) is 13.8 Å². The molecule has 0 aromatic heterocycles. The zero-order valence-corrected chi connectivity index (χ0v) is 31.2. The molecular formula is C37H47F3N4O8S. The van der Waals surface area contributed by atoms with Gasteiger partial charge in [0, 0.05) is 44.0 Å². The maximum absolute atomic E-state index is 14.4. The van der Waals surface area contributed by atoms with Gasteiger partial charge in [-0.2, -0.15) is 17.5 Å². The zero-order valence-electron chi connectivity index (χ0n) is 30.4. The number of methoxy groups -OCH3 is 1. The molecule has 1 heterocycles. The first-order chi connectivity index (χ1) is 25.0. The number of urea groups is 1. The van der Waals surface area contributed by atoms with Crippen molar-refractivity contribution in [3.05, 3.63) is 77.9 Å². The number of ether oxygens (including phenoxy) is 3. The number of benzene rings is 3. The van der Waals surface area contributed by atoms with Crippen molar-refractivity contribution in [1.29, 1.82) is 0 Å². The number of nitrogens with zero attached hydrogens (tertiary/aromatic N) is 2. The van der Waals surface area contributed by atoms with Crippen molar-refractivity contribution in [2.45, 2.75) is 69.4 Å². The standard InChI is InChI=1S/C37H47F3N4O8S/c1-24-21-44(25(2)23-45)35(46)32-20-29(42-36(47)41-28-11-9-27(10-12-28)37(38,39)40)13-18-33(32)52-26(3)8-6-7-19-51-34(24)22-43(4)53(48,49)31-16-14-30(50-5)15-17-31/h9-18,20,24-26,34,45H,6-8,19,21-23H2,1-5H3,(H2,41,42,47)/t24-,25+,26+,34+/m0/s1. The number of nitrogens with one attached hydrogen (secondary N) is 2. The Bertz CT molecular complexity index is 1790. The minimum Gasteiger partial charge on any atom is -0.497 e. The van der Waals surface area contributed by atoms with Crippen LogP contribution in [-0.2, 0) is 20.9 Å². The van der Waals surface area contributed by atoms with Gasteiger partial charge in [0.25, 0.3) is 5.91 Å². The van der Waals surface area contributed by atoms with E-state index < -0.39 is 51.8 Å². The van der Waals surface area contributed by atoms with Crippen LogP contribution in [0.3, 0.4) is 0 Å². The van der Waals surface area contributed by atoms with E-state index in [1.54, 1.807) is 31.2 Å². The second-order valence-electron chi connectivity index (χ2n) is 13.1. The minimum absolute atomic E-state index is 0.0106. The van der Waals surface area contributed by atoms with Gasteiger partial charge < -0.3 is 34.9 Å². The molecule has 53 heavy (non-hydrogen) atoms. The molecule has 4 rings (SSSR count). The van der Waals surface area contributed by atoms with Crippen LogP contribution >= 0.6 is 0 Å². The summed E-state index contributed by atoms with van der Waals surface area (Å²) in [7, 11) is -0.947. The van der Waals surface area contributed by atoms with Crippen molar-refractivity contribution < 1.29 is 50.5 Å². The van der Waals surface area contributed by atoms with Crippen LogP contribution in [0.2, 0.25) is 0 Å². The molecule has 0 bridgehead atoms. The monoisotopic (exact) mass is 764 g/mol. The summed E-state index contributed by atoms with van der Waals surface area (Å²) < 4.78 is 84.8. The van der Waals surface area contributed by atoms with Crippen molar-refractivity contribution in [3.8, 4) is 11.5 Å². The maximum atomic E-state index is 14.4. The molecule has 3 aromatic carbocycles. The first kappa shape index (κ1) is 41.4. The molecule has 3 amide bonds. The number of carbonyl (C=O) groups excluding carboxylic acids is 2. The number of fused-ring (bicyclic) bond motifs is 1. The Hall–Kier alpha value is -4.38. The third-order valence-corrected chi connectivity index (χ3v) is 10.8. The molecule has 0 fully saturated rings. The van der Waals surface area contributed by atoms with E-state index in [4.69, 9.17) is 14.2 Å². The Labute approximate surface area is 308 Å². The summed E-state index contributed by atoms with van der Waals surface area (Å²) in [5.41, 5.74) is -0.430. The quantitative estimate of drug-likeness (QED) is 0.225. The number of carbonyl (C=O) groups is 2. The second-order valence-corrected chi connectivity index (χ2v) is 15.2. The zero-order chi connectivity index (χ0) is 38.9. The van der Waals surface area contributed by atoms with Crippen molar-refractivity contribution in [1.82, 2.24) is 9.21 Å². The van der Waals surface area contributed by atoms with Crippen molar-refractivity contribution in [2.24, 2.45) is 5.92 Å². The molecular weight excluding hydrogens is 717 g/mol. The first-order valence-electron chi connectivity index (χ1n) is 17.2. The van der Waals surface area contributed by atoms with E-state index in [0.29, 0.717) is 25.2 Å². The lowest BCUT2D eigenvalue weighted by atomic mass is 10.0. The third-order valence-electron chi connectivity index (χ3n) is 8.98. The Morgan fingerprint density at radius 1 is 1.04 bits per heavy atom. The molecule has 16 heteroatoms. The summed E-state index contributed by atoms with van der Waals surface area (Å²) in [6.07, 6.45) is -3.45. The predicted molar refractivity (Wildman–Crippen MR) is 194 cm³/mol. The molecule has 3 aromatic rings. The average molecular weight is 765 g/mol. The third kappa shape index (κ3) is 11.1. The number of hydrogen-bond donors (Lipinski definition) is 3. The SMILES string of the molecule is COc1ccc(S(=O)(=O)N(C)C[C@H]2OCCCC[C@@H](C)Oc3ccc(NC(=O)Nc4ccc(C(F)(F)F)cc4)cc3C(=O)N([C@H](C)CO)C[C@@H]2C)cc1. The molecule has 0 unspecified atom stereocenters. The van der Waals surface area contributed by atoms with E-state index in [1.165, 1.54) is 41.6 Å².